The summed E-state index contributed by atoms with van der Waals surface area (Å²) in [6.07, 6.45) is 2.38. The number of halogens is 1. The zero-order valence-electron chi connectivity index (χ0n) is 14.6. The first kappa shape index (κ1) is 19.5. The van der Waals surface area contributed by atoms with Crippen molar-refractivity contribution in [2.45, 2.75) is 20.3 Å². The number of carbonyl (C=O) groups excluding carboxylic acids is 2. The fraction of sp³-hybridized carbons (Fsp3) is 0.211. The van der Waals surface area contributed by atoms with Gasteiger partial charge in [0, 0.05) is 10.7 Å². The third-order valence-corrected chi connectivity index (χ3v) is 3.62. The molecular formula is C19H20ClN3O3. The normalized spacial score (nSPS) is 10.6. The van der Waals surface area contributed by atoms with Gasteiger partial charge in [0.1, 0.15) is 5.75 Å². The third kappa shape index (κ3) is 5.89. The average molecular weight is 374 g/mol. The highest BCUT2D eigenvalue weighted by atomic mass is 35.5. The van der Waals surface area contributed by atoms with Crippen molar-refractivity contribution in [3.05, 3.63) is 58.6 Å². The lowest BCUT2D eigenvalue weighted by Crippen LogP contribution is -2.32. The van der Waals surface area contributed by atoms with E-state index in [1.165, 1.54) is 6.21 Å². The zero-order chi connectivity index (χ0) is 18.9. The number of hydrogen-bond donors (Lipinski definition) is 2. The van der Waals surface area contributed by atoms with Crippen molar-refractivity contribution >= 4 is 35.3 Å². The van der Waals surface area contributed by atoms with Gasteiger partial charge in [-0.25, -0.2) is 5.43 Å². The van der Waals surface area contributed by atoms with Gasteiger partial charge in [-0.2, -0.15) is 5.10 Å². The number of hydrazone groups is 1. The first-order valence-corrected chi connectivity index (χ1v) is 8.50. The number of benzene rings is 2. The Balaban J connectivity index is 1.88. The molecule has 2 amide bonds. The molecule has 26 heavy (non-hydrogen) atoms. The van der Waals surface area contributed by atoms with Crippen LogP contribution in [0, 0.1) is 6.92 Å². The standard InChI is InChI=1S/C19H20ClN3O3/c1-3-10-26-16-8-5-14(6-9-16)12-21-23-19(25)18(24)22-17-11-15(20)7-4-13(17)2/h4-9,11-12H,3,10H2,1-2H3,(H,22,24)(H,23,25). The fourth-order valence-corrected chi connectivity index (χ4v) is 2.17. The van der Waals surface area contributed by atoms with Crippen LogP contribution in [0.15, 0.2) is 47.6 Å². The second-order valence-corrected chi connectivity index (χ2v) is 5.97. The summed E-state index contributed by atoms with van der Waals surface area (Å²) in [7, 11) is 0. The number of rotatable bonds is 6. The number of anilines is 1. The number of amides is 2. The van der Waals surface area contributed by atoms with Crippen LogP contribution in [0.4, 0.5) is 5.69 Å². The molecule has 0 fully saturated rings. The van der Waals surface area contributed by atoms with Crippen molar-refractivity contribution < 1.29 is 14.3 Å². The minimum atomic E-state index is -0.872. The first-order valence-electron chi connectivity index (χ1n) is 8.13. The van der Waals surface area contributed by atoms with E-state index in [2.05, 4.69) is 15.8 Å². The topological polar surface area (TPSA) is 79.8 Å². The molecule has 0 unspecified atom stereocenters. The molecule has 0 aliphatic heterocycles. The lowest BCUT2D eigenvalue weighted by Gasteiger charge is -2.07. The summed E-state index contributed by atoms with van der Waals surface area (Å²) < 4.78 is 5.48. The predicted octanol–water partition coefficient (Wildman–Crippen LogP) is 3.53. The van der Waals surface area contributed by atoms with E-state index in [0.29, 0.717) is 17.3 Å². The second kappa shape index (κ2) is 9.58. The Morgan fingerprint density at radius 3 is 2.58 bits per heavy atom. The molecular weight excluding hydrogens is 354 g/mol. The Kier molecular flexibility index (Phi) is 7.17. The van der Waals surface area contributed by atoms with Gasteiger partial charge in [-0.05, 0) is 60.9 Å². The van der Waals surface area contributed by atoms with E-state index in [-0.39, 0.29) is 0 Å². The van der Waals surface area contributed by atoms with E-state index in [9.17, 15) is 9.59 Å². The molecule has 0 aliphatic rings. The van der Waals surface area contributed by atoms with Crippen LogP contribution in [-0.4, -0.2) is 24.6 Å². The van der Waals surface area contributed by atoms with E-state index in [4.69, 9.17) is 16.3 Å². The fourth-order valence-electron chi connectivity index (χ4n) is 1.99. The Hall–Kier alpha value is -2.86. The van der Waals surface area contributed by atoms with Gasteiger partial charge < -0.3 is 10.1 Å². The first-order chi connectivity index (χ1) is 12.5. The second-order valence-electron chi connectivity index (χ2n) is 5.53. The number of nitrogens with one attached hydrogen (secondary N) is 2. The molecule has 0 bridgehead atoms. The minimum absolute atomic E-state index is 0.468. The van der Waals surface area contributed by atoms with Gasteiger partial charge in [0.25, 0.3) is 0 Å². The van der Waals surface area contributed by atoms with Crippen molar-refractivity contribution in [1.29, 1.82) is 0 Å². The molecule has 0 atom stereocenters. The van der Waals surface area contributed by atoms with Gasteiger partial charge in [0.2, 0.25) is 0 Å². The van der Waals surface area contributed by atoms with E-state index in [1.54, 1.807) is 37.3 Å². The molecule has 0 spiro atoms. The van der Waals surface area contributed by atoms with Crippen molar-refractivity contribution in [2.24, 2.45) is 5.10 Å². The quantitative estimate of drug-likeness (QED) is 0.462. The highest BCUT2D eigenvalue weighted by Crippen LogP contribution is 2.19. The minimum Gasteiger partial charge on any atom is -0.494 e. The van der Waals surface area contributed by atoms with Crippen LogP contribution in [0.2, 0.25) is 5.02 Å². The molecule has 0 saturated carbocycles. The van der Waals surface area contributed by atoms with Gasteiger partial charge >= 0.3 is 11.8 Å². The monoisotopic (exact) mass is 373 g/mol. The Morgan fingerprint density at radius 2 is 1.88 bits per heavy atom. The summed E-state index contributed by atoms with van der Waals surface area (Å²) in [5.74, 6) is -0.927. The maximum atomic E-state index is 11.9. The summed E-state index contributed by atoms with van der Waals surface area (Å²) >= 11 is 5.89. The van der Waals surface area contributed by atoms with Crippen LogP contribution in [0.1, 0.15) is 24.5 Å². The Bertz CT molecular complexity index is 804. The maximum absolute atomic E-state index is 11.9. The molecule has 2 aromatic rings. The molecule has 136 valence electrons. The molecule has 6 nitrogen and oxygen atoms in total. The molecule has 0 aliphatic carbocycles. The number of aryl methyl sites for hydroxylation is 1. The number of carbonyl (C=O) groups is 2. The molecule has 2 N–H and O–H groups in total. The zero-order valence-corrected chi connectivity index (χ0v) is 15.3. The summed E-state index contributed by atoms with van der Waals surface area (Å²) in [6.45, 7) is 4.49. The van der Waals surface area contributed by atoms with Crippen molar-refractivity contribution in [1.82, 2.24) is 5.43 Å². The van der Waals surface area contributed by atoms with Crippen molar-refractivity contribution in [2.75, 3.05) is 11.9 Å². The van der Waals surface area contributed by atoms with E-state index >= 15 is 0 Å². The molecule has 0 heterocycles. The highest BCUT2D eigenvalue weighted by molar-refractivity contribution is 6.40. The highest BCUT2D eigenvalue weighted by Gasteiger charge is 2.14. The smallest absolute Gasteiger partial charge is 0.329 e. The van der Waals surface area contributed by atoms with Gasteiger partial charge in [-0.15, -0.1) is 0 Å². The van der Waals surface area contributed by atoms with Gasteiger partial charge in [-0.1, -0.05) is 24.6 Å². The van der Waals surface area contributed by atoms with Crippen molar-refractivity contribution in [3.8, 4) is 5.75 Å². The molecule has 2 rings (SSSR count). The van der Waals surface area contributed by atoms with E-state index < -0.39 is 11.8 Å². The predicted molar refractivity (Wildman–Crippen MR) is 103 cm³/mol. The van der Waals surface area contributed by atoms with Crippen LogP contribution < -0.4 is 15.5 Å². The summed E-state index contributed by atoms with van der Waals surface area (Å²) in [4.78, 5) is 23.7. The molecule has 0 radical (unpaired) electrons. The van der Waals surface area contributed by atoms with Gasteiger partial charge in [0.15, 0.2) is 0 Å². The summed E-state index contributed by atoms with van der Waals surface area (Å²) in [5, 5.41) is 6.75. The molecule has 7 heteroatoms. The SMILES string of the molecule is CCCOc1ccc(C=NNC(=O)C(=O)Nc2cc(Cl)ccc2C)cc1. The van der Waals surface area contributed by atoms with E-state index in [1.807, 2.05) is 19.1 Å². The van der Waals surface area contributed by atoms with Gasteiger partial charge in [-0.3, -0.25) is 9.59 Å². The summed E-state index contributed by atoms with van der Waals surface area (Å²) in [6, 6.07) is 12.3. The van der Waals surface area contributed by atoms with Gasteiger partial charge in [0.05, 0.1) is 12.8 Å². The lowest BCUT2D eigenvalue weighted by atomic mass is 10.2. The van der Waals surface area contributed by atoms with E-state index in [0.717, 1.165) is 23.3 Å². The van der Waals surface area contributed by atoms with Crippen LogP contribution in [0.3, 0.4) is 0 Å². The van der Waals surface area contributed by atoms with Crippen LogP contribution >= 0.6 is 11.6 Å². The largest absolute Gasteiger partial charge is 0.494 e. The van der Waals surface area contributed by atoms with Crippen LogP contribution in [0.25, 0.3) is 0 Å². The maximum Gasteiger partial charge on any atom is 0.329 e. The third-order valence-electron chi connectivity index (χ3n) is 3.39. The lowest BCUT2D eigenvalue weighted by molar-refractivity contribution is -0.136. The van der Waals surface area contributed by atoms with Crippen molar-refractivity contribution in [3.63, 3.8) is 0 Å². The molecule has 0 saturated heterocycles. The van der Waals surface area contributed by atoms with Crippen LogP contribution in [-0.2, 0) is 9.59 Å². The number of nitrogens with zero attached hydrogens (tertiary/aromatic N) is 1. The molecule has 2 aromatic carbocycles. The number of hydrogen-bond acceptors (Lipinski definition) is 4. The Labute approximate surface area is 157 Å². The molecule has 0 aromatic heterocycles. The summed E-state index contributed by atoms with van der Waals surface area (Å²) in [5.41, 5.74) is 4.22. The van der Waals surface area contributed by atoms with Crippen LogP contribution in [0.5, 0.6) is 5.75 Å². The number of ether oxygens (including phenoxy) is 1. The Morgan fingerprint density at radius 1 is 1.15 bits per heavy atom. The average Bonchev–Trinajstić information content (AvgIpc) is 2.64.